The Morgan fingerprint density at radius 2 is 1.82 bits per heavy atom. The zero-order valence-corrected chi connectivity index (χ0v) is 17.9. The summed E-state index contributed by atoms with van der Waals surface area (Å²) in [6.07, 6.45) is 2.38. The van der Waals surface area contributed by atoms with Crippen LogP contribution < -0.4 is 10.0 Å². The third-order valence-corrected chi connectivity index (χ3v) is 7.37. The van der Waals surface area contributed by atoms with Crippen molar-refractivity contribution in [2.75, 3.05) is 19.6 Å². The van der Waals surface area contributed by atoms with Gasteiger partial charge in [0.15, 0.2) is 0 Å². The van der Waals surface area contributed by atoms with Crippen LogP contribution in [0.3, 0.4) is 0 Å². The highest BCUT2D eigenvalue weighted by molar-refractivity contribution is 7.89. The van der Waals surface area contributed by atoms with Crippen LogP contribution >= 0.6 is 11.3 Å². The molecule has 1 amide bonds. The van der Waals surface area contributed by atoms with Gasteiger partial charge < -0.3 is 5.32 Å². The normalized spacial score (nSPS) is 16.4. The molecule has 1 fully saturated rings. The number of carbonyl (C=O) groups excluding carboxylic acids is 1. The van der Waals surface area contributed by atoms with Gasteiger partial charge in [0.25, 0.3) is 5.91 Å². The molecule has 6 nitrogen and oxygen atoms in total. The first kappa shape index (κ1) is 21.0. The molecule has 2 heterocycles. The summed E-state index contributed by atoms with van der Waals surface area (Å²) in [5, 5.41) is 5.08. The summed E-state index contributed by atoms with van der Waals surface area (Å²) in [5.41, 5.74) is 0.454. The van der Waals surface area contributed by atoms with Crippen molar-refractivity contribution in [3.63, 3.8) is 0 Å². The number of likely N-dealkylation sites (tertiary alicyclic amines) is 1. The van der Waals surface area contributed by atoms with Crippen LogP contribution in [0.1, 0.15) is 48.0 Å². The lowest BCUT2D eigenvalue weighted by Gasteiger charge is -2.27. The molecule has 0 saturated carbocycles. The summed E-state index contributed by atoms with van der Waals surface area (Å²) in [7, 11) is -3.56. The third kappa shape index (κ3) is 5.20. The third-order valence-electron chi connectivity index (χ3n) is 4.73. The van der Waals surface area contributed by atoms with Gasteiger partial charge in [-0.3, -0.25) is 9.69 Å². The Balaban J connectivity index is 1.65. The second-order valence-electron chi connectivity index (χ2n) is 7.28. The van der Waals surface area contributed by atoms with Gasteiger partial charge in [0, 0.05) is 23.0 Å². The Bertz CT molecular complexity index is 872. The van der Waals surface area contributed by atoms with Crippen LogP contribution in [0.4, 0.5) is 0 Å². The molecule has 1 aliphatic rings. The Kier molecular flexibility index (Phi) is 6.87. The summed E-state index contributed by atoms with van der Waals surface area (Å²) in [6, 6.07) is 10.2. The maximum atomic E-state index is 12.6. The van der Waals surface area contributed by atoms with Crippen molar-refractivity contribution in [1.29, 1.82) is 0 Å². The SMILES string of the molecule is CC(C)NS(=O)(=O)c1ccc(C(=O)NCC(c2cccs2)N2CCCC2)cc1. The average molecular weight is 422 g/mol. The fourth-order valence-corrected chi connectivity index (χ4v) is 5.51. The second kappa shape index (κ2) is 9.17. The molecule has 1 atom stereocenters. The molecule has 1 aromatic heterocycles. The molecule has 3 rings (SSSR count). The molecule has 1 aliphatic heterocycles. The van der Waals surface area contributed by atoms with Gasteiger partial charge >= 0.3 is 0 Å². The highest BCUT2D eigenvalue weighted by Crippen LogP contribution is 2.27. The number of hydrogen-bond acceptors (Lipinski definition) is 5. The molecule has 1 saturated heterocycles. The highest BCUT2D eigenvalue weighted by atomic mass is 32.2. The van der Waals surface area contributed by atoms with E-state index in [0.29, 0.717) is 12.1 Å². The Morgan fingerprint density at radius 1 is 1.14 bits per heavy atom. The minimum Gasteiger partial charge on any atom is -0.350 e. The van der Waals surface area contributed by atoms with E-state index in [2.05, 4.69) is 26.4 Å². The number of sulfonamides is 1. The molecular weight excluding hydrogens is 394 g/mol. The quantitative estimate of drug-likeness (QED) is 0.687. The number of nitrogens with zero attached hydrogens (tertiary/aromatic N) is 1. The molecule has 2 N–H and O–H groups in total. The molecule has 28 heavy (non-hydrogen) atoms. The molecule has 1 aromatic carbocycles. The van der Waals surface area contributed by atoms with E-state index in [1.54, 1.807) is 37.3 Å². The first-order chi connectivity index (χ1) is 13.4. The summed E-state index contributed by atoms with van der Waals surface area (Å²) in [6.45, 7) is 6.17. The van der Waals surface area contributed by atoms with Crippen molar-refractivity contribution in [2.45, 2.75) is 43.7 Å². The molecule has 0 spiro atoms. The van der Waals surface area contributed by atoms with Crippen molar-refractivity contribution in [1.82, 2.24) is 14.9 Å². The predicted octanol–water partition coefficient (Wildman–Crippen LogP) is 3.00. The lowest BCUT2D eigenvalue weighted by Crippen LogP contribution is -2.36. The molecule has 0 aliphatic carbocycles. The van der Waals surface area contributed by atoms with E-state index in [9.17, 15) is 13.2 Å². The standard InChI is InChI=1S/C20H27N3O3S2/c1-15(2)22-28(25,26)17-9-7-16(8-10-17)20(24)21-14-18(19-6-5-13-27-19)23-11-3-4-12-23/h5-10,13,15,18,22H,3-4,11-12,14H2,1-2H3,(H,21,24). The minimum absolute atomic E-state index is 0.159. The summed E-state index contributed by atoms with van der Waals surface area (Å²) in [4.78, 5) is 16.4. The minimum atomic E-state index is -3.56. The van der Waals surface area contributed by atoms with Crippen LogP contribution in [0, 0.1) is 0 Å². The molecule has 2 aromatic rings. The first-order valence-corrected chi connectivity index (χ1v) is 11.9. The van der Waals surface area contributed by atoms with E-state index in [1.807, 2.05) is 6.07 Å². The van der Waals surface area contributed by atoms with Gasteiger partial charge in [0.05, 0.1) is 10.9 Å². The van der Waals surface area contributed by atoms with Gasteiger partial charge in [-0.15, -0.1) is 11.3 Å². The number of amides is 1. The lowest BCUT2D eigenvalue weighted by atomic mass is 10.2. The van der Waals surface area contributed by atoms with Gasteiger partial charge in [-0.2, -0.15) is 0 Å². The lowest BCUT2D eigenvalue weighted by molar-refractivity contribution is 0.0938. The van der Waals surface area contributed by atoms with Gasteiger partial charge in [0.1, 0.15) is 0 Å². The molecule has 0 radical (unpaired) electrons. The van der Waals surface area contributed by atoms with Crippen LogP contribution in [0.5, 0.6) is 0 Å². The zero-order valence-electron chi connectivity index (χ0n) is 16.2. The number of benzene rings is 1. The van der Waals surface area contributed by atoms with Crippen molar-refractivity contribution in [3.8, 4) is 0 Å². The maximum Gasteiger partial charge on any atom is 0.251 e. The molecule has 0 bridgehead atoms. The summed E-state index contributed by atoms with van der Waals surface area (Å²) in [5.74, 6) is -0.193. The average Bonchev–Trinajstić information content (AvgIpc) is 3.35. The van der Waals surface area contributed by atoms with Crippen LogP contribution in [0.25, 0.3) is 0 Å². The van der Waals surface area contributed by atoms with E-state index >= 15 is 0 Å². The van der Waals surface area contributed by atoms with Crippen molar-refractivity contribution in [2.24, 2.45) is 0 Å². The highest BCUT2D eigenvalue weighted by Gasteiger charge is 2.25. The number of carbonyl (C=O) groups is 1. The number of nitrogens with one attached hydrogen (secondary N) is 2. The maximum absolute atomic E-state index is 12.6. The van der Waals surface area contributed by atoms with E-state index in [0.717, 1.165) is 13.1 Å². The fraction of sp³-hybridized carbons (Fsp3) is 0.450. The van der Waals surface area contributed by atoms with Crippen molar-refractivity contribution in [3.05, 3.63) is 52.2 Å². The number of thiophene rings is 1. The van der Waals surface area contributed by atoms with E-state index in [1.165, 1.54) is 29.9 Å². The van der Waals surface area contributed by atoms with E-state index < -0.39 is 10.0 Å². The molecule has 1 unspecified atom stereocenters. The van der Waals surface area contributed by atoms with Gasteiger partial charge in [0.2, 0.25) is 10.0 Å². The second-order valence-corrected chi connectivity index (χ2v) is 9.98. The van der Waals surface area contributed by atoms with Gasteiger partial charge in [-0.1, -0.05) is 6.07 Å². The van der Waals surface area contributed by atoms with Crippen LogP contribution in [0.2, 0.25) is 0 Å². The first-order valence-electron chi connectivity index (χ1n) is 9.55. The van der Waals surface area contributed by atoms with Crippen LogP contribution in [-0.4, -0.2) is 44.9 Å². The number of rotatable bonds is 8. The monoisotopic (exact) mass is 421 g/mol. The van der Waals surface area contributed by atoms with Crippen molar-refractivity contribution >= 4 is 27.3 Å². The molecule has 152 valence electrons. The Hall–Kier alpha value is -1.74. The van der Waals surface area contributed by atoms with E-state index in [-0.39, 0.29) is 22.9 Å². The summed E-state index contributed by atoms with van der Waals surface area (Å²) >= 11 is 1.71. The van der Waals surface area contributed by atoms with Crippen molar-refractivity contribution < 1.29 is 13.2 Å². The molecule has 8 heteroatoms. The van der Waals surface area contributed by atoms with E-state index in [4.69, 9.17) is 0 Å². The van der Waals surface area contributed by atoms with Crippen LogP contribution in [-0.2, 0) is 10.0 Å². The largest absolute Gasteiger partial charge is 0.350 e. The Morgan fingerprint density at radius 3 is 2.39 bits per heavy atom. The van der Waals surface area contributed by atoms with Crippen LogP contribution in [0.15, 0.2) is 46.7 Å². The fourth-order valence-electron chi connectivity index (χ4n) is 3.40. The Labute approximate surface area is 171 Å². The molecular formula is C20H27N3O3S2. The predicted molar refractivity (Wildman–Crippen MR) is 112 cm³/mol. The topological polar surface area (TPSA) is 78.5 Å². The van der Waals surface area contributed by atoms with Gasteiger partial charge in [-0.25, -0.2) is 13.1 Å². The van der Waals surface area contributed by atoms with Gasteiger partial charge in [-0.05, 0) is 75.5 Å². The smallest absolute Gasteiger partial charge is 0.251 e. The zero-order chi connectivity index (χ0) is 20.1. The number of hydrogen-bond donors (Lipinski definition) is 2. The summed E-state index contributed by atoms with van der Waals surface area (Å²) < 4.78 is 26.9.